The first-order chi connectivity index (χ1) is 7.86. The Bertz CT molecular complexity index is 478. The maximum absolute atomic E-state index is 11.0. The molecular formula is C12H18NO3S+. The van der Waals surface area contributed by atoms with Crippen molar-refractivity contribution in [2.75, 3.05) is 26.4 Å². The third kappa shape index (κ3) is 3.52. The monoisotopic (exact) mass is 256 g/mol. The van der Waals surface area contributed by atoms with E-state index in [0.29, 0.717) is 0 Å². The highest BCUT2D eigenvalue weighted by atomic mass is 32.2. The van der Waals surface area contributed by atoms with Gasteiger partial charge in [-0.1, -0.05) is 30.3 Å². The van der Waals surface area contributed by atoms with Gasteiger partial charge < -0.3 is 4.48 Å². The van der Waals surface area contributed by atoms with Gasteiger partial charge in [-0.15, -0.1) is 0 Å². The van der Waals surface area contributed by atoms with Gasteiger partial charge in [-0.2, -0.15) is 8.42 Å². The lowest BCUT2D eigenvalue weighted by Gasteiger charge is -2.46. The van der Waals surface area contributed by atoms with Crippen LogP contribution in [-0.2, 0) is 20.8 Å². The Morgan fingerprint density at radius 1 is 1.29 bits per heavy atom. The van der Waals surface area contributed by atoms with Crippen LogP contribution in [0, 0.1) is 0 Å². The van der Waals surface area contributed by atoms with Gasteiger partial charge in [-0.3, -0.25) is 4.18 Å². The smallest absolute Gasteiger partial charge is 0.265 e. The predicted octanol–water partition coefficient (Wildman–Crippen LogP) is 0.992. The van der Waals surface area contributed by atoms with E-state index in [-0.39, 0.29) is 6.10 Å². The van der Waals surface area contributed by atoms with Crippen molar-refractivity contribution in [1.82, 2.24) is 0 Å². The molecule has 0 aromatic heterocycles. The van der Waals surface area contributed by atoms with Crippen molar-refractivity contribution in [3.05, 3.63) is 35.9 Å². The maximum Gasteiger partial charge on any atom is 0.265 e. The van der Waals surface area contributed by atoms with Gasteiger partial charge in [0.05, 0.1) is 13.3 Å². The normalized spacial score (nSPS) is 28.7. The molecule has 0 atom stereocenters. The molecule has 94 valence electrons. The minimum absolute atomic E-state index is 0.154. The minimum atomic E-state index is -3.32. The molecule has 0 radical (unpaired) electrons. The first kappa shape index (κ1) is 12.5. The zero-order valence-corrected chi connectivity index (χ0v) is 11.0. The standard InChI is InChI=1S/C12H18NO3S/c1-13(8-11-6-4-3-5-7-11)9-12(10-13)16-17(2,14)15/h3-7,12H,8-10H2,1-2H3/q+1. The summed E-state index contributed by atoms with van der Waals surface area (Å²) in [6.07, 6.45) is 0.950. The summed E-state index contributed by atoms with van der Waals surface area (Å²) in [6.45, 7) is 2.42. The molecule has 1 heterocycles. The van der Waals surface area contributed by atoms with Gasteiger partial charge in [0.2, 0.25) is 0 Å². The zero-order chi connectivity index (χ0) is 12.5. The Morgan fingerprint density at radius 2 is 1.88 bits per heavy atom. The average molecular weight is 256 g/mol. The summed E-state index contributed by atoms with van der Waals surface area (Å²) in [5.74, 6) is 0. The molecule has 0 unspecified atom stereocenters. The largest absolute Gasteiger partial charge is 0.318 e. The summed E-state index contributed by atoms with van der Waals surface area (Å²) in [7, 11) is -1.20. The second kappa shape index (κ2) is 4.40. The van der Waals surface area contributed by atoms with E-state index < -0.39 is 10.1 Å². The van der Waals surface area contributed by atoms with Crippen LogP contribution in [-0.4, -0.2) is 45.4 Å². The molecule has 17 heavy (non-hydrogen) atoms. The first-order valence-corrected chi connectivity index (χ1v) is 7.44. The van der Waals surface area contributed by atoms with Crippen molar-refractivity contribution >= 4 is 10.1 Å². The Kier molecular flexibility index (Phi) is 3.25. The first-order valence-electron chi connectivity index (χ1n) is 5.62. The van der Waals surface area contributed by atoms with E-state index in [1.165, 1.54) is 5.56 Å². The number of rotatable bonds is 4. The SMILES string of the molecule is C[N+]1(Cc2ccccc2)CC(OS(C)(=O)=O)C1. The van der Waals surface area contributed by atoms with E-state index in [2.05, 4.69) is 19.2 Å². The van der Waals surface area contributed by atoms with Gasteiger partial charge in [-0.05, 0) is 0 Å². The molecule has 4 nitrogen and oxygen atoms in total. The lowest BCUT2D eigenvalue weighted by Crippen LogP contribution is -2.64. The van der Waals surface area contributed by atoms with Crippen LogP contribution in [0.5, 0.6) is 0 Å². The summed E-state index contributed by atoms with van der Waals surface area (Å²) in [6, 6.07) is 10.2. The van der Waals surface area contributed by atoms with Crippen LogP contribution in [0.15, 0.2) is 30.3 Å². The van der Waals surface area contributed by atoms with Crippen molar-refractivity contribution in [3.63, 3.8) is 0 Å². The van der Waals surface area contributed by atoms with E-state index >= 15 is 0 Å². The summed E-state index contributed by atoms with van der Waals surface area (Å²) in [4.78, 5) is 0. The lowest BCUT2D eigenvalue weighted by molar-refractivity contribution is -0.966. The topological polar surface area (TPSA) is 43.4 Å². The molecule has 1 aromatic carbocycles. The van der Waals surface area contributed by atoms with Crippen molar-refractivity contribution < 1.29 is 17.1 Å². The van der Waals surface area contributed by atoms with Gasteiger partial charge >= 0.3 is 0 Å². The van der Waals surface area contributed by atoms with E-state index in [9.17, 15) is 8.42 Å². The summed E-state index contributed by atoms with van der Waals surface area (Å²) in [5, 5.41) is 0. The molecule has 0 saturated carbocycles. The lowest BCUT2D eigenvalue weighted by atomic mass is 10.1. The molecule has 0 amide bonds. The molecule has 0 spiro atoms. The molecule has 1 fully saturated rings. The highest BCUT2D eigenvalue weighted by Crippen LogP contribution is 2.24. The Morgan fingerprint density at radius 3 is 2.41 bits per heavy atom. The molecule has 0 bridgehead atoms. The predicted molar refractivity (Wildman–Crippen MR) is 65.8 cm³/mol. The number of likely N-dealkylation sites (N-methyl/N-ethyl adjacent to an activating group) is 1. The van der Waals surface area contributed by atoms with Gasteiger partial charge in [0, 0.05) is 5.56 Å². The number of likely N-dealkylation sites (tertiary alicyclic amines) is 1. The van der Waals surface area contributed by atoms with Crippen molar-refractivity contribution in [2.24, 2.45) is 0 Å². The number of benzene rings is 1. The van der Waals surface area contributed by atoms with Crippen LogP contribution in [0.4, 0.5) is 0 Å². The van der Waals surface area contributed by atoms with E-state index in [0.717, 1.165) is 30.4 Å². The fourth-order valence-corrected chi connectivity index (χ4v) is 3.01. The van der Waals surface area contributed by atoms with Crippen LogP contribution >= 0.6 is 0 Å². The minimum Gasteiger partial charge on any atom is -0.318 e. The fourth-order valence-electron chi connectivity index (χ4n) is 2.39. The molecule has 5 heteroatoms. The summed E-state index contributed by atoms with van der Waals surface area (Å²) in [5.41, 5.74) is 1.27. The number of quaternary nitrogens is 1. The quantitative estimate of drug-likeness (QED) is 0.596. The molecule has 1 aliphatic heterocycles. The molecule has 2 rings (SSSR count). The second-order valence-corrected chi connectivity index (χ2v) is 6.65. The third-order valence-corrected chi connectivity index (χ3v) is 3.63. The van der Waals surface area contributed by atoms with Crippen LogP contribution in [0.1, 0.15) is 5.56 Å². The Hall–Kier alpha value is -0.910. The van der Waals surface area contributed by atoms with E-state index in [4.69, 9.17) is 4.18 Å². The van der Waals surface area contributed by atoms with Crippen LogP contribution in [0.25, 0.3) is 0 Å². The Labute approximate surface area is 103 Å². The van der Waals surface area contributed by atoms with Gasteiger partial charge in [-0.25, -0.2) is 0 Å². The van der Waals surface area contributed by atoms with Gasteiger partial charge in [0.15, 0.2) is 6.10 Å². The van der Waals surface area contributed by atoms with Crippen LogP contribution in [0.2, 0.25) is 0 Å². The van der Waals surface area contributed by atoms with Crippen molar-refractivity contribution in [1.29, 1.82) is 0 Å². The molecule has 1 aromatic rings. The van der Waals surface area contributed by atoms with Crippen molar-refractivity contribution in [3.8, 4) is 0 Å². The average Bonchev–Trinajstić information content (AvgIpc) is 2.14. The van der Waals surface area contributed by atoms with E-state index in [1.54, 1.807) is 0 Å². The van der Waals surface area contributed by atoms with E-state index in [1.807, 2.05) is 18.2 Å². The van der Waals surface area contributed by atoms with Gasteiger partial charge in [0.25, 0.3) is 10.1 Å². The molecule has 0 N–H and O–H groups in total. The van der Waals surface area contributed by atoms with Crippen molar-refractivity contribution in [2.45, 2.75) is 12.6 Å². The Balaban J connectivity index is 1.89. The summed E-state index contributed by atoms with van der Waals surface area (Å²) >= 11 is 0. The maximum atomic E-state index is 11.0. The molecule has 1 aliphatic rings. The zero-order valence-electron chi connectivity index (χ0n) is 10.2. The molecule has 0 aliphatic carbocycles. The number of nitrogens with zero attached hydrogens (tertiary/aromatic N) is 1. The van der Waals surface area contributed by atoms with Crippen LogP contribution in [0.3, 0.4) is 0 Å². The number of hydrogen-bond acceptors (Lipinski definition) is 3. The van der Waals surface area contributed by atoms with Crippen LogP contribution < -0.4 is 0 Å². The summed E-state index contributed by atoms with van der Waals surface area (Å²) < 4.78 is 27.8. The number of hydrogen-bond donors (Lipinski definition) is 0. The molecular weight excluding hydrogens is 238 g/mol. The molecule has 1 saturated heterocycles. The fraction of sp³-hybridized carbons (Fsp3) is 0.500. The van der Waals surface area contributed by atoms with Gasteiger partial charge in [0.1, 0.15) is 19.6 Å². The second-order valence-electron chi connectivity index (χ2n) is 5.05. The third-order valence-electron chi connectivity index (χ3n) is 3.01. The highest BCUT2D eigenvalue weighted by molar-refractivity contribution is 7.86. The highest BCUT2D eigenvalue weighted by Gasteiger charge is 2.43.